The molecule has 5 rings (SSSR count). The summed E-state index contributed by atoms with van der Waals surface area (Å²) in [4.78, 5) is 17.6. The number of nitrogens with zero attached hydrogens (tertiary/aromatic N) is 4. The molecular formula is C21H25N5O. The Morgan fingerprint density at radius 3 is 2.78 bits per heavy atom. The van der Waals surface area contributed by atoms with Crippen LogP contribution in [0.2, 0.25) is 0 Å². The third-order valence-corrected chi connectivity index (χ3v) is 6.05. The number of hydrogen-bond donors (Lipinski definition) is 1. The first-order valence-electron chi connectivity index (χ1n) is 9.97. The van der Waals surface area contributed by atoms with E-state index in [0.29, 0.717) is 12.0 Å². The Bertz CT molecular complexity index is 982. The molecule has 0 aliphatic heterocycles. The Morgan fingerprint density at radius 1 is 1.19 bits per heavy atom. The summed E-state index contributed by atoms with van der Waals surface area (Å²) in [6.45, 7) is 0. The van der Waals surface area contributed by atoms with Gasteiger partial charge in [-0.2, -0.15) is 5.10 Å². The largest absolute Gasteiger partial charge is 0.307 e. The summed E-state index contributed by atoms with van der Waals surface area (Å²) >= 11 is 0. The first kappa shape index (κ1) is 16.5. The summed E-state index contributed by atoms with van der Waals surface area (Å²) in [7, 11) is 1.91. The van der Waals surface area contributed by atoms with Gasteiger partial charge in [-0.15, -0.1) is 0 Å². The number of amides is 1. The van der Waals surface area contributed by atoms with E-state index in [0.717, 1.165) is 35.9 Å². The van der Waals surface area contributed by atoms with Crippen molar-refractivity contribution in [1.29, 1.82) is 0 Å². The van der Waals surface area contributed by atoms with Crippen molar-refractivity contribution in [1.82, 2.24) is 19.3 Å². The predicted octanol–water partition coefficient (Wildman–Crippen LogP) is 4.02. The van der Waals surface area contributed by atoms with E-state index in [2.05, 4.69) is 21.0 Å². The van der Waals surface area contributed by atoms with Crippen LogP contribution in [0.25, 0.3) is 11.0 Å². The molecule has 2 saturated carbocycles. The number of carbonyl (C=O) groups excluding carboxylic acids is 1. The molecule has 2 aliphatic rings. The lowest BCUT2D eigenvalue weighted by molar-refractivity contribution is -0.117. The highest BCUT2D eigenvalue weighted by molar-refractivity contribution is 5.95. The van der Waals surface area contributed by atoms with E-state index in [1.54, 1.807) is 4.68 Å². The topological polar surface area (TPSA) is 64.7 Å². The van der Waals surface area contributed by atoms with Crippen molar-refractivity contribution in [2.24, 2.45) is 13.0 Å². The second-order valence-corrected chi connectivity index (χ2v) is 7.97. The average Bonchev–Trinajstić information content (AvgIpc) is 3.24. The molecule has 6 heteroatoms. The Hall–Kier alpha value is -2.63. The molecule has 6 nitrogen and oxygen atoms in total. The van der Waals surface area contributed by atoms with E-state index < -0.39 is 0 Å². The van der Waals surface area contributed by atoms with E-state index in [4.69, 9.17) is 4.98 Å². The average molecular weight is 363 g/mol. The zero-order valence-electron chi connectivity index (χ0n) is 15.6. The molecule has 27 heavy (non-hydrogen) atoms. The van der Waals surface area contributed by atoms with Crippen LogP contribution in [0.5, 0.6) is 0 Å². The molecule has 1 amide bonds. The van der Waals surface area contributed by atoms with Gasteiger partial charge in [0.15, 0.2) is 0 Å². The van der Waals surface area contributed by atoms with Crippen LogP contribution in [0.3, 0.4) is 0 Å². The van der Waals surface area contributed by atoms with E-state index in [1.807, 2.05) is 37.6 Å². The molecule has 1 N–H and O–H groups in total. The maximum absolute atomic E-state index is 12.9. The number of imidazole rings is 1. The minimum Gasteiger partial charge on any atom is -0.307 e. The van der Waals surface area contributed by atoms with Gasteiger partial charge < -0.3 is 4.57 Å². The van der Waals surface area contributed by atoms with Crippen LogP contribution in [0.4, 0.5) is 5.95 Å². The number of anilines is 1. The standard InChI is InChI=1S/C21H25N5O/c1-25-13-14(12-22-25)16-11-17(16)20(27)24-21-23-18-9-5-6-10-19(18)26(21)15-7-3-2-4-8-15/h5-6,9-10,12-13,15-17H,2-4,7-8,11H2,1H3,(H,23,24,27). The molecular weight excluding hydrogens is 338 g/mol. The highest BCUT2D eigenvalue weighted by Crippen LogP contribution is 2.48. The second kappa shape index (κ2) is 6.51. The number of hydrogen-bond acceptors (Lipinski definition) is 3. The van der Waals surface area contributed by atoms with Gasteiger partial charge in [-0.1, -0.05) is 31.4 Å². The summed E-state index contributed by atoms with van der Waals surface area (Å²) in [5, 5.41) is 7.38. The molecule has 0 radical (unpaired) electrons. The van der Waals surface area contributed by atoms with Gasteiger partial charge >= 0.3 is 0 Å². The number of para-hydroxylation sites is 2. The van der Waals surface area contributed by atoms with Crippen molar-refractivity contribution in [3.63, 3.8) is 0 Å². The van der Waals surface area contributed by atoms with Crippen molar-refractivity contribution in [2.45, 2.75) is 50.5 Å². The normalized spacial score (nSPS) is 22.9. The molecule has 1 aromatic carbocycles. The van der Waals surface area contributed by atoms with Crippen LogP contribution in [0, 0.1) is 5.92 Å². The van der Waals surface area contributed by atoms with Crippen LogP contribution >= 0.6 is 0 Å². The summed E-state index contributed by atoms with van der Waals surface area (Å²) in [5.41, 5.74) is 3.23. The number of carbonyl (C=O) groups is 1. The minimum absolute atomic E-state index is 0.0221. The monoisotopic (exact) mass is 363 g/mol. The fourth-order valence-corrected chi connectivity index (χ4v) is 4.53. The summed E-state index contributed by atoms with van der Waals surface area (Å²) in [5.74, 6) is 1.10. The number of aryl methyl sites for hydroxylation is 1. The molecule has 0 saturated heterocycles. The fraction of sp³-hybridized carbons (Fsp3) is 0.476. The molecule has 2 atom stereocenters. The summed E-state index contributed by atoms with van der Waals surface area (Å²) < 4.78 is 4.07. The van der Waals surface area contributed by atoms with Gasteiger partial charge in [0, 0.05) is 25.2 Å². The Morgan fingerprint density at radius 2 is 2.00 bits per heavy atom. The lowest BCUT2D eigenvalue weighted by Crippen LogP contribution is -2.21. The lowest BCUT2D eigenvalue weighted by Gasteiger charge is -2.25. The van der Waals surface area contributed by atoms with Crippen molar-refractivity contribution < 1.29 is 4.79 Å². The van der Waals surface area contributed by atoms with Gasteiger partial charge in [0.25, 0.3) is 0 Å². The molecule has 140 valence electrons. The van der Waals surface area contributed by atoms with E-state index in [-0.39, 0.29) is 17.7 Å². The molecule has 2 aromatic heterocycles. The number of fused-ring (bicyclic) bond motifs is 1. The van der Waals surface area contributed by atoms with Crippen molar-refractivity contribution >= 4 is 22.9 Å². The van der Waals surface area contributed by atoms with Crippen LogP contribution in [0.1, 0.15) is 56.0 Å². The van der Waals surface area contributed by atoms with E-state index in [9.17, 15) is 4.79 Å². The third-order valence-electron chi connectivity index (χ3n) is 6.05. The quantitative estimate of drug-likeness (QED) is 0.761. The first-order chi connectivity index (χ1) is 13.2. The summed E-state index contributed by atoms with van der Waals surface area (Å²) in [6.07, 6.45) is 10.9. The molecule has 0 spiro atoms. The fourth-order valence-electron chi connectivity index (χ4n) is 4.53. The van der Waals surface area contributed by atoms with Gasteiger partial charge in [-0.05, 0) is 42.9 Å². The van der Waals surface area contributed by atoms with Gasteiger partial charge in [-0.25, -0.2) is 4.98 Å². The Labute approximate surface area is 158 Å². The van der Waals surface area contributed by atoms with Crippen molar-refractivity contribution in [2.75, 3.05) is 5.32 Å². The number of nitrogens with one attached hydrogen (secondary N) is 1. The first-order valence-corrected chi connectivity index (χ1v) is 9.97. The lowest BCUT2D eigenvalue weighted by atomic mass is 9.95. The molecule has 0 bridgehead atoms. The maximum Gasteiger partial charge on any atom is 0.230 e. The van der Waals surface area contributed by atoms with Crippen LogP contribution in [-0.4, -0.2) is 25.2 Å². The van der Waals surface area contributed by atoms with E-state index >= 15 is 0 Å². The Balaban J connectivity index is 1.40. The van der Waals surface area contributed by atoms with Gasteiger partial charge in [-0.3, -0.25) is 14.8 Å². The smallest absolute Gasteiger partial charge is 0.230 e. The number of rotatable bonds is 4. The molecule has 2 aliphatic carbocycles. The predicted molar refractivity (Wildman–Crippen MR) is 105 cm³/mol. The molecule has 2 heterocycles. The van der Waals surface area contributed by atoms with Crippen LogP contribution in [-0.2, 0) is 11.8 Å². The second-order valence-electron chi connectivity index (χ2n) is 7.97. The Kier molecular flexibility index (Phi) is 3.99. The third kappa shape index (κ3) is 3.03. The zero-order chi connectivity index (χ0) is 18.4. The number of aromatic nitrogens is 4. The zero-order valence-corrected chi connectivity index (χ0v) is 15.6. The molecule has 2 unspecified atom stereocenters. The van der Waals surface area contributed by atoms with Crippen LogP contribution in [0.15, 0.2) is 36.7 Å². The molecule has 3 aromatic rings. The SMILES string of the molecule is Cn1cc(C2CC2C(=O)Nc2nc3ccccc3n2C2CCCCC2)cn1. The minimum atomic E-state index is 0.0221. The molecule has 2 fully saturated rings. The van der Waals surface area contributed by atoms with Gasteiger partial charge in [0.2, 0.25) is 11.9 Å². The maximum atomic E-state index is 12.9. The van der Waals surface area contributed by atoms with Gasteiger partial charge in [0.05, 0.1) is 17.2 Å². The van der Waals surface area contributed by atoms with Crippen molar-refractivity contribution in [3.8, 4) is 0 Å². The highest BCUT2D eigenvalue weighted by atomic mass is 16.2. The summed E-state index contributed by atoms with van der Waals surface area (Å²) in [6, 6.07) is 8.62. The van der Waals surface area contributed by atoms with E-state index in [1.165, 1.54) is 19.3 Å². The highest BCUT2D eigenvalue weighted by Gasteiger charge is 2.45. The number of benzene rings is 1. The van der Waals surface area contributed by atoms with Crippen molar-refractivity contribution in [3.05, 3.63) is 42.2 Å². The van der Waals surface area contributed by atoms with Crippen LogP contribution < -0.4 is 5.32 Å². The van der Waals surface area contributed by atoms with Gasteiger partial charge in [0.1, 0.15) is 0 Å².